The summed E-state index contributed by atoms with van der Waals surface area (Å²) in [5, 5.41) is 0.998. The largest absolute Gasteiger partial charge is 0.536 e. The van der Waals surface area contributed by atoms with Crippen molar-refractivity contribution < 1.29 is 13.3 Å². The molecule has 0 fully saturated rings. The van der Waals surface area contributed by atoms with Crippen LogP contribution in [0.1, 0.15) is 11.1 Å². The molecule has 3 nitrogen and oxygen atoms in total. The fraction of sp³-hybridized carbons (Fsp3) is 0.455. The molecule has 4 heteroatoms. The molecule has 0 radical (unpaired) electrons. The van der Waals surface area contributed by atoms with Crippen LogP contribution in [-0.4, -0.2) is 30.1 Å². The molecule has 0 heterocycles. The Morgan fingerprint density at radius 1 is 0.867 bits per heavy atom. The van der Waals surface area contributed by atoms with Gasteiger partial charge in [0.05, 0.1) is 0 Å². The first-order valence-corrected chi connectivity index (χ1v) is 6.55. The highest BCUT2D eigenvalue weighted by atomic mass is 28.4. The van der Waals surface area contributed by atoms with E-state index in [1.54, 1.807) is 21.3 Å². The zero-order valence-corrected chi connectivity index (χ0v) is 11.0. The van der Waals surface area contributed by atoms with Crippen LogP contribution in [-0.2, 0) is 13.3 Å². The Balaban J connectivity index is 3.17. The number of hydrogen-bond donors (Lipinski definition) is 0. The van der Waals surface area contributed by atoms with E-state index in [0.717, 1.165) is 5.19 Å². The first kappa shape index (κ1) is 12.4. The maximum Gasteiger partial charge on any atom is 0.536 e. The van der Waals surface area contributed by atoms with Gasteiger partial charge in [0.1, 0.15) is 0 Å². The van der Waals surface area contributed by atoms with Gasteiger partial charge < -0.3 is 13.3 Å². The van der Waals surface area contributed by atoms with Crippen molar-refractivity contribution in [2.24, 2.45) is 0 Å². The van der Waals surface area contributed by atoms with E-state index in [1.165, 1.54) is 11.1 Å². The van der Waals surface area contributed by atoms with E-state index in [4.69, 9.17) is 13.3 Å². The Morgan fingerprint density at radius 3 is 1.80 bits per heavy atom. The van der Waals surface area contributed by atoms with Gasteiger partial charge >= 0.3 is 8.80 Å². The Morgan fingerprint density at radius 2 is 1.40 bits per heavy atom. The predicted octanol–water partition coefficient (Wildman–Crippen LogP) is 1.39. The second kappa shape index (κ2) is 4.89. The molecule has 1 aromatic carbocycles. The summed E-state index contributed by atoms with van der Waals surface area (Å²) in [4.78, 5) is 0. The molecule has 15 heavy (non-hydrogen) atoms. The maximum atomic E-state index is 5.41. The molecule has 0 aromatic heterocycles. The zero-order chi connectivity index (χ0) is 11.5. The standard InChI is InChI=1S/C11H18O3Si/c1-9-6-7-11(8-10(9)2)15(12-3,13-4)14-5/h6-8H,1-5H3. The van der Waals surface area contributed by atoms with Crippen molar-refractivity contribution in [3.63, 3.8) is 0 Å². The van der Waals surface area contributed by atoms with Crippen LogP contribution in [0.5, 0.6) is 0 Å². The Bertz CT molecular complexity index is 326. The normalized spacial score (nSPS) is 11.8. The number of hydrogen-bond acceptors (Lipinski definition) is 3. The van der Waals surface area contributed by atoms with Gasteiger partial charge in [0.2, 0.25) is 0 Å². The summed E-state index contributed by atoms with van der Waals surface area (Å²) >= 11 is 0. The van der Waals surface area contributed by atoms with Gasteiger partial charge in [0.15, 0.2) is 0 Å². The van der Waals surface area contributed by atoms with Crippen LogP contribution in [0.2, 0.25) is 0 Å². The van der Waals surface area contributed by atoms with E-state index in [-0.39, 0.29) is 0 Å². The third kappa shape index (κ3) is 2.29. The van der Waals surface area contributed by atoms with E-state index in [0.29, 0.717) is 0 Å². The molecular formula is C11H18O3Si. The fourth-order valence-electron chi connectivity index (χ4n) is 1.54. The highest BCUT2D eigenvalue weighted by molar-refractivity contribution is 6.75. The molecule has 0 spiro atoms. The molecule has 0 aliphatic carbocycles. The molecule has 0 bridgehead atoms. The van der Waals surface area contributed by atoms with Gasteiger partial charge in [-0.3, -0.25) is 0 Å². The molecule has 0 atom stereocenters. The zero-order valence-electron chi connectivity index (χ0n) is 9.96. The lowest BCUT2D eigenvalue weighted by molar-refractivity contribution is 0.140. The van der Waals surface area contributed by atoms with E-state index >= 15 is 0 Å². The van der Waals surface area contributed by atoms with Crippen molar-refractivity contribution in [3.05, 3.63) is 29.3 Å². The minimum Gasteiger partial charge on any atom is -0.373 e. The molecule has 0 aliphatic rings. The summed E-state index contributed by atoms with van der Waals surface area (Å²) in [5.41, 5.74) is 2.47. The van der Waals surface area contributed by atoms with Crippen molar-refractivity contribution in [1.82, 2.24) is 0 Å². The summed E-state index contributed by atoms with van der Waals surface area (Å²) in [6, 6.07) is 6.13. The van der Waals surface area contributed by atoms with Crippen molar-refractivity contribution in [1.29, 1.82) is 0 Å². The van der Waals surface area contributed by atoms with Crippen molar-refractivity contribution in [3.8, 4) is 0 Å². The van der Waals surface area contributed by atoms with Crippen LogP contribution in [0, 0.1) is 13.8 Å². The van der Waals surface area contributed by atoms with Crippen molar-refractivity contribution in [2.45, 2.75) is 13.8 Å². The first-order valence-electron chi connectivity index (χ1n) is 4.83. The van der Waals surface area contributed by atoms with Crippen LogP contribution in [0.25, 0.3) is 0 Å². The van der Waals surface area contributed by atoms with Crippen molar-refractivity contribution >= 4 is 14.0 Å². The van der Waals surface area contributed by atoms with Gasteiger partial charge in [0.25, 0.3) is 0 Å². The van der Waals surface area contributed by atoms with Crippen LogP contribution in [0.4, 0.5) is 0 Å². The summed E-state index contributed by atoms with van der Waals surface area (Å²) in [5.74, 6) is 0. The van der Waals surface area contributed by atoms with Crippen LogP contribution in [0.3, 0.4) is 0 Å². The van der Waals surface area contributed by atoms with E-state index < -0.39 is 8.80 Å². The third-order valence-electron chi connectivity index (χ3n) is 2.67. The SMILES string of the molecule is CO[Si](OC)(OC)c1ccc(C)c(C)c1. The van der Waals surface area contributed by atoms with Crippen LogP contribution >= 0.6 is 0 Å². The highest BCUT2D eigenvalue weighted by Gasteiger charge is 2.40. The summed E-state index contributed by atoms with van der Waals surface area (Å²) in [6.45, 7) is 4.15. The van der Waals surface area contributed by atoms with Gasteiger partial charge in [-0.2, -0.15) is 0 Å². The van der Waals surface area contributed by atoms with Gasteiger partial charge in [-0.15, -0.1) is 0 Å². The second-order valence-corrected chi connectivity index (χ2v) is 6.38. The first-order chi connectivity index (χ1) is 7.09. The predicted molar refractivity (Wildman–Crippen MR) is 62.3 cm³/mol. The third-order valence-corrected chi connectivity index (χ3v) is 5.30. The van der Waals surface area contributed by atoms with Gasteiger partial charge in [0, 0.05) is 26.5 Å². The minimum atomic E-state index is -2.65. The second-order valence-electron chi connectivity index (χ2n) is 3.47. The van der Waals surface area contributed by atoms with Crippen LogP contribution in [0.15, 0.2) is 18.2 Å². The molecule has 0 N–H and O–H groups in total. The summed E-state index contributed by atoms with van der Waals surface area (Å²) in [7, 11) is 2.21. The van der Waals surface area contributed by atoms with Gasteiger partial charge in [-0.1, -0.05) is 18.2 Å². The Hall–Kier alpha value is -0.683. The minimum absolute atomic E-state index is 0.998. The highest BCUT2D eigenvalue weighted by Crippen LogP contribution is 2.10. The topological polar surface area (TPSA) is 27.7 Å². The summed E-state index contributed by atoms with van der Waals surface area (Å²) < 4.78 is 16.2. The number of rotatable bonds is 4. The Kier molecular flexibility index (Phi) is 4.04. The lowest BCUT2D eigenvalue weighted by atomic mass is 10.1. The van der Waals surface area contributed by atoms with E-state index in [2.05, 4.69) is 26.0 Å². The monoisotopic (exact) mass is 226 g/mol. The lowest BCUT2D eigenvalue weighted by Gasteiger charge is -2.25. The molecule has 0 amide bonds. The smallest absolute Gasteiger partial charge is 0.373 e. The molecule has 0 aliphatic heterocycles. The van der Waals surface area contributed by atoms with Crippen LogP contribution < -0.4 is 5.19 Å². The summed E-state index contributed by atoms with van der Waals surface area (Å²) in [6.07, 6.45) is 0. The van der Waals surface area contributed by atoms with Crippen molar-refractivity contribution in [2.75, 3.05) is 21.3 Å². The lowest BCUT2D eigenvalue weighted by Crippen LogP contribution is -2.54. The van der Waals surface area contributed by atoms with Gasteiger partial charge in [-0.25, -0.2) is 0 Å². The maximum absolute atomic E-state index is 5.41. The Labute approximate surface area is 92.3 Å². The number of benzene rings is 1. The molecule has 0 unspecified atom stereocenters. The molecular weight excluding hydrogens is 208 g/mol. The van der Waals surface area contributed by atoms with Gasteiger partial charge in [-0.05, 0) is 25.0 Å². The molecule has 0 saturated carbocycles. The molecule has 1 rings (SSSR count). The average molecular weight is 226 g/mol. The number of aryl methyl sites for hydroxylation is 2. The van der Waals surface area contributed by atoms with E-state index in [1.807, 2.05) is 6.07 Å². The molecule has 0 saturated heterocycles. The average Bonchev–Trinajstić information content (AvgIpc) is 2.26. The van der Waals surface area contributed by atoms with E-state index in [9.17, 15) is 0 Å². The molecule has 84 valence electrons. The fourth-order valence-corrected chi connectivity index (χ4v) is 3.42. The quantitative estimate of drug-likeness (QED) is 0.726. The molecule has 1 aromatic rings.